The lowest BCUT2D eigenvalue weighted by atomic mass is 10.0. The highest BCUT2D eigenvalue weighted by atomic mass is 79.9. The van der Waals surface area contributed by atoms with Crippen LogP contribution in [-0.4, -0.2) is 30.0 Å². The smallest absolute Gasteiger partial charge is 0.249 e. The first-order valence-electron chi connectivity index (χ1n) is 5.55. The normalized spacial score (nSPS) is 28.1. The quantitative estimate of drug-likeness (QED) is 0.798. The molecule has 0 aliphatic carbocycles. The molecule has 88 valence electrons. The number of hydrogen-bond donors (Lipinski definition) is 1. The lowest BCUT2D eigenvalue weighted by molar-refractivity contribution is -0.131. The summed E-state index contributed by atoms with van der Waals surface area (Å²) in [5.74, 6) is 0.898. The van der Waals surface area contributed by atoms with E-state index >= 15 is 0 Å². The van der Waals surface area contributed by atoms with Gasteiger partial charge in [-0.15, -0.1) is 0 Å². The molecule has 4 heteroatoms. The molecule has 1 heterocycles. The van der Waals surface area contributed by atoms with Crippen molar-refractivity contribution in [1.82, 2.24) is 5.32 Å². The SMILES string of the molecule is CC(C)C(Br)CNC(=O)C1OCCC1C. The lowest BCUT2D eigenvalue weighted by Gasteiger charge is -2.18. The minimum Gasteiger partial charge on any atom is -0.368 e. The minimum atomic E-state index is -0.239. The number of alkyl halides is 1. The average Bonchev–Trinajstić information content (AvgIpc) is 2.60. The molecular weight excluding hydrogens is 258 g/mol. The maximum atomic E-state index is 11.7. The molecule has 0 bridgehead atoms. The lowest BCUT2D eigenvalue weighted by Crippen LogP contribution is -2.40. The third kappa shape index (κ3) is 3.76. The van der Waals surface area contributed by atoms with E-state index in [2.05, 4.69) is 42.0 Å². The molecule has 1 rings (SSSR count). The predicted molar refractivity (Wildman–Crippen MR) is 64.1 cm³/mol. The first kappa shape index (κ1) is 13.0. The van der Waals surface area contributed by atoms with E-state index in [9.17, 15) is 4.79 Å². The maximum Gasteiger partial charge on any atom is 0.249 e. The molecule has 3 unspecified atom stereocenters. The van der Waals surface area contributed by atoms with Crippen LogP contribution in [0.1, 0.15) is 27.2 Å². The highest BCUT2D eigenvalue weighted by molar-refractivity contribution is 9.09. The first-order chi connectivity index (χ1) is 7.02. The Morgan fingerprint density at radius 1 is 1.60 bits per heavy atom. The Balaban J connectivity index is 2.29. The van der Waals surface area contributed by atoms with Gasteiger partial charge in [0.05, 0.1) is 0 Å². The molecule has 3 atom stereocenters. The van der Waals surface area contributed by atoms with Crippen LogP contribution in [0.5, 0.6) is 0 Å². The van der Waals surface area contributed by atoms with E-state index in [1.165, 1.54) is 0 Å². The molecule has 0 spiro atoms. The Bertz CT molecular complexity index is 221. The van der Waals surface area contributed by atoms with Crippen molar-refractivity contribution >= 4 is 21.8 Å². The summed E-state index contributed by atoms with van der Waals surface area (Å²) in [7, 11) is 0. The molecule has 1 N–H and O–H groups in total. The zero-order chi connectivity index (χ0) is 11.4. The van der Waals surface area contributed by atoms with Crippen molar-refractivity contribution in [1.29, 1.82) is 0 Å². The molecule has 0 aromatic heterocycles. The molecule has 0 aromatic rings. The van der Waals surface area contributed by atoms with Gasteiger partial charge < -0.3 is 10.1 Å². The molecule has 1 amide bonds. The summed E-state index contributed by atoms with van der Waals surface area (Å²) in [5, 5.41) is 2.93. The second-order valence-electron chi connectivity index (χ2n) is 4.56. The molecular formula is C11H20BrNO2. The molecule has 1 saturated heterocycles. The largest absolute Gasteiger partial charge is 0.368 e. The first-order valence-corrected chi connectivity index (χ1v) is 6.47. The van der Waals surface area contributed by atoms with Crippen LogP contribution in [0.15, 0.2) is 0 Å². The van der Waals surface area contributed by atoms with E-state index < -0.39 is 0 Å². The highest BCUT2D eigenvalue weighted by Crippen LogP contribution is 2.20. The summed E-state index contributed by atoms with van der Waals surface area (Å²) < 4.78 is 5.39. The summed E-state index contributed by atoms with van der Waals surface area (Å²) in [5.41, 5.74) is 0. The van der Waals surface area contributed by atoms with Crippen LogP contribution < -0.4 is 5.32 Å². The van der Waals surface area contributed by atoms with Crippen LogP contribution in [0.2, 0.25) is 0 Å². The Morgan fingerprint density at radius 3 is 2.73 bits per heavy atom. The molecule has 1 aliphatic rings. The van der Waals surface area contributed by atoms with Crippen molar-refractivity contribution in [2.75, 3.05) is 13.2 Å². The second kappa shape index (κ2) is 5.85. The van der Waals surface area contributed by atoms with Gasteiger partial charge in [-0.2, -0.15) is 0 Å². The topological polar surface area (TPSA) is 38.3 Å². The van der Waals surface area contributed by atoms with E-state index in [1.807, 2.05) is 0 Å². The number of ether oxygens (including phenoxy) is 1. The van der Waals surface area contributed by atoms with Gasteiger partial charge in [0.2, 0.25) is 5.91 Å². The number of rotatable bonds is 4. The zero-order valence-corrected chi connectivity index (χ0v) is 11.2. The number of amides is 1. The molecule has 3 nitrogen and oxygen atoms in total. The average molecular weight is 278 g/mol. The van der Waals surface area contributed by atoms with E-state index in [0.717, 1.165) is 6.42 Å². The fraction of sp³-hybridized carbons (Fsp3) is 0.909. The van der Waals surface area contributed by atoms with E-state index in [0.29, 0.717) is 29.8 Å². The second-order valence-corrected chi connectivity index (χ2v) is 5.74. The number of hydrogen-bond acceptors (Lipinski definition) is 2. The fourth-order valence-electron chi connectivity index (χ4n) is 1.57. The molecule has 0 radical (unpaired) electrons. The van der Waals surface area contributed by atoms with E-state index in [-0.39, 0.29) is 12.0 Å². The molecule has 1 fully saturated rings. The number of nitrogens with one attached hydrogen (secondary N) is 1. The van der Waals surface area contributed by atoms with Crippen molar-refractivity contribution in [3.63, 3.8) is 0 Å². The van der Waals surface area contributed by atoms with Gasteiger partial charge in [-0.25, -0.2) is 0 Å². The standard InChI is InChI=1S/C11H20BrNO2/c1-7(2)9(12)6-13-11(14)10-8(3)4-5-15-10/h7-10H,4-6H2,1-3H3,(H,13,14). The van der Waals surface area contributed by atoms with Gasteiger partial charge in [-0.05, 0) is 18.3 Å². The van der Waals surface area contributed by atoms with Gasteiger partial charge in [0.15, 0.2) is 0 Å². The Morgan fingerprint density at radius 2 is 2.27 bits per heavy atom. The Kier molecular flexibility index (Phi) is 5.06. The van der Waals surface area contributed by atoms with Gasteiger partial charge in [-0.3, -0.25) is 4.79 Å². The summed E-state index contributed by atoms with van der Waals surface area (Å²) in [6.07, 6.45) is 0.747. The van der Waals surface area contributed by atoms with Gasteiger partial charge in [0, 0.05) is 18.0 Å². The molecule has 1 aliphatic heterocycles. The van der Waals surface area contributed by atoms with Crippen LogP contribution in [0.3, 0.4) is 0 Å². The van der Waals surface area contributed by atoms with E-state index in [1.54, 1.807) is 0 Å². The minimum absolute atomic E-state index is 0.0325. The maximum absolute atomic E-state index is 11.7. The van der Waals surface area contributed by atoms with Gasteiger partial charge in [0.25, 0.3) is 0 Å². The third-order valence-electron chi connectivity index (χ3n) is 2.84. The predicted octanol–water partition coefficient (Wildman–Crippen LogP) is 1.95. The fourth-order valence-corrected chi connectivity index (χ4v) is 1.73. The van der Waals surface area contributed by atoms with Crippen molar-refractivity contribution in [3.05, 3.63) is 0 Å². The number of carbonyl (C=O) groups excluding carboxylic acids is 1. The Hall–Kier alpha value is -0.0900. The van der Waals surface area contributed by atoms with Crippen LogP contribution in [0.4, 0.5) is 0 Å². The van der Waals surface area contributed by atoms with Crippen LogP contribution in [0.25, 0.3) is 0 Å². The highest BCUT2D eigenvalue weighted by Gasteiger charge is 2.30. The summed E-state index contributed by atoms with van der Waals surface area (Å²) in [6, 6.07) is 0. The molecule has 0 aromatic carbocycles. The van der Waals surface area contributed by atoms with Crippen LogP contribution in [-0.2, 0) is 9.53 Å². The van der Waals surface area contributed by atoms with Crippen molar-refractivity contribution in [2.24, 2.45) is 11.8 Å². The number of halogens is 1. The summed E-state index contributed by atoms with van der Waals surface area (Å²) in [6.45, 7) is 7.69. The van der Waals surface area contributed by atoms with E-state index in [4.69, 9.17) is 4.74 Å². The molecule has 15 heavy (non-hydrogen) atoms. The third-order valence-corrected chi connectivity index (χ3v) is 4.22. The van der Waals surface area contributed by atoms with Crippen LogP contribution in [0, 0.1) is 11.8 Å². The summed E-state index contributed by atoms with van der Waals surface area (Å²) in [4.78, 5) is 12.1. The van der Waals surface area contributed by atoms with Crippen molar-refractivity contribution in [3.8, 4) is 0 Å². The summed E-state index contributed by atoms with van der Waals surface area (Å²) >= 11 is 3.54. The van der Waals surface area contributed by atoms with Crippen molar-refractivity contribution < 1.29 is 9.53 Å². The Labute approximate surface area is 100 Å². The molecule has 0 saturated carbocycles. The van der Waals surface area contributed by atoms with Gasteiger partial charge >= 0.3 is 0 Å². The number of carbonyl (C=O) groups is 1. The monoisotopic (exact) mass is 277 g/mol. The van der Waals surface area contributed by atoms with Gasteiger partial charge in [-0.1, -0.05) is 36.7 Å². The zero-order valence-electron chi connectivity index (χ0n) is 9.63. The van der Waals surface area contributed by atoms with Gasteiger partial charge in [0.1, 0.15) is 6.10 Å². The van der Waals surface area contributed by atoms with Crippen molar-refractivity contribution in [2.45, 2.75) is 38.1 Å². The van der Waals surface area contributed by atoms with Crippen LogP contribution >= 0.6 is 15.9 Å².